The zero-order valence-electron chi connectivity index (χ0n) is 80.7. The molecule has 0 radical (unpaired) electrons. The molecule has 9 aromatic rings. The van der Waals surface area contributed by atoms with Crippen molar-refractivity contribution in [3.63, 3.8) is 0 Å². The highest BCUT2D eigenvalue weighted by Gasteiger charge is 2.48. The van der Waals surface area contributed by atoms with Crippen LogP contribution in [0.2, 0.25) is 0 Å². The zero-order chi connectivity index (χ0) is 101. The number of piperidine rings is 5. The van der Waals surface area contributed by atoms with Gasteiger partial charge in [0.15, 0.2) is 0 Å². The van der Waals surface area contributed by atoms with Crippen molar-refractivity contribution in [2.24, 2.45) is 11.8 Å². The molecule has 20 rings (SSSR count). The average Bonchev–Trinajstić information content (AvgIpc) is 1.61. The molecule has 0 aliphatic carbocycles. The minimum atomic E-state index is -3.61. The summed E-state index contributed by atoms with van der Waals surface area (Å²) in [7, 11) is -5.06. The summed E-state index contributed by atoms with van der Waals surface area (Å²) in [6.45, 7) is 27.9. The van der Waals surface area contributed by atoms with Gasteiger partial charge in [-0.1, -0.05) is 143 Å². The summed E-state index contributed by atoms with van der Waals surface area (Å²) in [6.07, 6.45) is 6.24. The summed E-state index contributed by atoms with van der Waals surface area (Å²) in [5.41, 5.74) is 13.0. The molecule has 11 heterocycles. The van der Waals surface area contributed by atoms with Crippen molar-refractivity contribution < 1.29 is 88.8 Å². The van der Waals surface area contributed by atoms with E-state index in [2.05, 4.69) is 78.3 Å². The van der Waals surface area contributed by atoms with Gasteiger partial charge in [0.05, 0.1) is 47.2 Å². The Morgan fingerprint density at radius 2 is 0.729 bits per heavy atom. The molecule has 11 aliphatic heterocycles. The number of para-hydroxylation sites is 1. The second kappa shape index (κ2) is 44.8. The van der Waals surface area contributed by atoms with Crippen LogP contribution >= 0.6 is 12.4 Å². The second-order valence-electron chi connectivity index (χ2n) is 37.8. The number of carbonyl (C=O) groups excluding carboxylic acids is 10. The standard InChI is InChI=1S/C31H32N4O5S.C29H35N3O5S.C27H30N4O4.C22H20N2O5.ClH/c1-22-10-15-28(30(36)32-22)35-20-27-26(31(35)37)8-5-9-29(27)40-21-23-11-13-25(14-12-23)41(38,39)34-18-16-33(17-19-34)24-6-3-2-4-7-24;1-19(2)22-13-15-31(16-14-22)38(35,36)23-10-8-21(9-11-23)18-37-27-6-4-5-24-25(27)17-32(29(24)34)26-12-7-20(3)30-28(26)33;1-18-6-11-23(25(32)28-18)31-16-22-21(27(31)34)4-3-5-24(22)35-17-19-7-9-20(10-8-19)26(33)30-14-12-29(2)13-15-30;1-13-5-10-17(20(26)23-13)24-21(27)16-3-2-4-18(19(16)22(24)28)29-12-15-8-6-14(11-25)7-9-15;/h2-9,11-14,28H,1,10,15-21H2,(H,32,36);4-6,8-11,19,22,26H,3,7,12-18H2,1-2H3,(H,30,33);3-5,7-10,23H,1,6,11-17H2,2H3,(H,28,32);2-4,6-9,17,25H,1,5,10-12H2,(H,23,26);1H. The number of carbonyl (C=O) groups is 10. The lowest BCUT2D eigenvalue weighted by Gasteiger charge is -2.35. The summed E-state index contributed by atoms with van der Waals surface area (Å²) in [5.74, 6) is 0.774. The lowest BCUT2D eigenvalue weighted by molar-refractivity contribution is -0.127. The number of nitrogens with zero attached hydrogens (tertiary/aromatic N) is 9. The van der Waals surface area contributed by atoms with E-state index < -0.39 is 61.9 Å². The number of benzene rings is 9. The van der Waals surface area contributed by atoms with Gasteiger partial charge in [0.25, 0.3) is 35.4 Å². The van der Waals surface area contributed by atoms with Gasteiger partial charge in [-0.05, 0) is 208 Å². The molecule has 7 fully saturated rings. The number of allylic oxidation sites excluding steroid dienone is 4. The Bertz CT molecular complexity index is 6710. The molecule has 0 saturated carbocycles. The smallest absolute Gasteiger partial charge is 0.266 e. The fraction of sp³-hybridized carbons (Fsp3) is 0.339. The van der Waals surface area contributed by atoms with E-state index in [9.17, 15) is 64.8 Å². The highest BCUT2D eigenvalue weighted by molar-refractivity contribution is 7.89. The number of halogens is 1. The van der Waals surface area contributed by atoms with Crippen molar-refractivity contribution in [1.29, 1.82) is 0 Å². The largest absolute Gasteiger partial charge is 0.489 e. The summed E-state index contributed by atoms with van der Waals surface area (Å²) < 4.78 is 80.1. The minimum Gasteiger partial charge on any atom is -0.489 e. The Hall–Kier alpha value is -14.1. The van der Waals surface area contributed by atoms with Gasteiger partial charge in [0.1, 0.15) is 73.6 Å². The predicted molar refractivity (Wildman–Crippen MR) is 541 cm³/mol. The third-order valence-corrected chi connectivity index (χ3v) is 32.0. The van der Waals surface area contributed by atoms with Gasteiger partial charge in [-0.25, -0.2) is 16.8 Å². The number of sulfonamides is 2. The third-order valence-electron chi connectivity index (χ3n) is 28.2. The maximum atomic E-state index is 13.3. The number of anilines is 1. The van der Waals surface area contributed by atoms with Gasteiger partial charge in [-0.2, -0.15) is 8.61 Å². The molecule has 0 spiro atoms. The van der Waals surface area contributed by atoms with Gasteiger partial charge in [0.2, 0.25) is 43.7 Å². The molecule has 5 N–H and O–H groups in total. The van der Waals surface area contributed by atoms with E-state index in [1.54, 1.807) is 134 Å². The summed E-state index contributed by atoms with van der Waals surface area (Å²) in [6, 6.07) is 56.9. The first-order valence-corrected chi connectivity index (χ1v) is 51.2. The first kappa shape index (κ1) is 103. The average molecular weight is 2010 g/mol. The number of imide groups is 1. The highest BCUT2D eigenvalue weighted by Crippen LogP contribution is 2.41. The Morgan fingerprint density at radius 1 is 0.382 bits per heavy atom. The fourth-order valence-corrected chi connectivity index (χ4v) is 22.6. The lowest BCUT2D eigenvalue weighted by atomic mass is 9.87. The molecule has 7 saturated heterocycles. The number of likely N-dealkylation sites (N-methyl/N-ethyl adjacent to an activating group) is 1. The van der Waals surface area contributed by atoms with Crippen LogP contribution in [0.1, 0.15) is 185 Å². The molecule has 0 bridgehead atoms. The van der Waals surface area contributed by atoms with Gasteiger partial charge in [0, 0.05) is 133 Å². The molecule has 4 atom stereocenters. The molecule has 9 aromatic carbocycles. The fourth-order valence-electron chi connectivity index (χ4n) is 19.7. The van der Waals surface area contributed by atoms with E-state index in [1.807, 2.05) is 89.8 Å². The number of amides is 10. The van der Waals surface area contributed by atoms with Crippen LogP contribution in [0.15, 0.2) is 259 Å². The predicted octanol–water partition coefficient (Wildman–Crippen LogP) is 12.6. The molecule has 11 aliphatic rings. The topological polar surface area (TPSA) is 373 Å². The van der Waals surface area contributed by atoms with Gasteiger partial charge >= 0.3 is 0 Å². The second-order valence-corrected chi connectivity index (χ2v) is 41.7. The van der Waals surface area contributed by atoms with Crippen LogP contribution in [0.25, 0.3) is 0 Å². The van der Waals surface area contributed by atoms with E-state index in [0.29, 0.717) is 202 Å². The van der Waals surface area contributed by atoms with Crippen LogP contribution in [0, 0.1) is 11.8 Å². The SMILES string of the molecule is C=C1CCC(N2C(=O)c3cccc(OCc4ccc(CO)cc4)c3C2=O)C(=O)N1.C=C1CCC(N2Cc3c(OCc4ccc(C(=O)N5CCN(C)CC5)cc4)cccc3C2=O)C(=O)N1.C=C1CCC(N2Cc3c(OCc4ccc(S(=O)(=O)N5CCC(C(C)C)CC5)cc4)cccc3C2=O)C(=O)N1.C=C1CCC(N2Cc3c(OCc4ccc(S(=O)(=O)N5CCN(c6ccccc6)CC5)cc4)cccc3C2=O)C(=O)N1.Cl. The van der Waals surface area contributed by atoms with Gasteiger partial charge < -0.3 is 74.7 Å². The minimum absolute atomic E-state index is 0. The summed E-state index contributed by atoms with van der Waals surface area (Å²) in [4.78, 5) is 140. The van der Waals surface area contributed by atoms with Gasteiger partial charge in [-0.3, -0.25) is 52.8 Å². The monoisotopic (exact) mass is 2010 g/mol. The Labute approximate surface area is 844 Å². The number of ether oxygens (including phenoxy) is 4. The Balaban J connectivity index is 0.000000138. The molecule has 752 valence electrons. The van der Waals surface area contributed by atoms with E-state index in [-0.39, 0.29) is 96.2 Å². The van der Waals surface area contributed by atoms with Crippen LogP contribution in [0.4, 0.5) is 5.69 Å². The van der Waals surface area contributed by atoms with E-state index in [4.69, 9.17) is 24.1 Å². The number of nitrogens with one attached hydrogen (secondary N) is 4. The Kier molecular flexibility index (Phi) is 32.0. The molecule has 10 amide bonds. The summed E-state index contributed by atoms with van der Waals surface area (Å²) >= 11 is 0. The molecular weight excluding hydrogens is 1890 g/mol. The van der Waals surface area contributed by atoms with Crippen molar-refractivity contribution in [3.8, 4) is 23.0 Å². The molecular formula is C109H118ClN13O19S2. The number of aliphatic hydroxyl groups is 1. The molecule has 144 heavy (non-hydrogen) atoms. The highest BCUT2D eigenvalue weighted by atomic mass is 35.5. The van der Waals surface area contributed by atoms with Crippen LogP contribution in [-0.4, -0.2) is 216 Å². The molecule has 0 aromatic heterocycles. The van der Waals surface area contributed by atoms with Crippen LogP contribution in [-0.2, 0) is 91.9 Å². The van der Waals surface area contributed by atoms with Crippen molar-refractivity contribution in [2.45, 2.75) is 165 Å². The van der Waals surface area contributed by atoms with E-state index in [0.717, 1.165) is 94.1 Å². The summed E-state index contributed by atoms with van der Waals surface area (Å²) in [5, 5.41) is 20.0. The number of fused-ring (bicyclic) bond motifs is 4. The third kappa shape index (κ3) is 22.6. The number of hydrogen-bond donors (Lipinski definition) is 5. The maximum Gasteiger partial charge on any atom is 0.266 e. The van der Waals surface area contributed by atoms with Crippen molar-refractivity contribution in [2.75, 3.05) is 77.4 Å². The van der Waals surface area contributed by atoms with E-state index in [1.165, 1.54) is 4.31 Å². The molecule has 4 unspecified atom stereocenters. The quantitative estimate of drug-likeness (QED) is 0.0351. The number of rotatable bonds is 24. The number of hydrogen-bond acceptors (Lipinski definition) is 21. The van der Waals surface area contributed by atoms with Crippen LogP contribution in [0.3, 0.4) is 0 Å². The normalized spacial score (nSPS) is 19.9. The van der Waals surface area contributed by atoms with Crippen molar-refractivity contribution in [1.82, 2.24) is 59.3 Å². The zero-order valence-corrected chi connectivity index (χ0v) is 83.1. The van der Waals surface area contributed by atoms with Crippen molar-refractivity contribution >= 4 is 97.2 Å². The van der Waals surface area contributed by atoms with Crippen molar-refractivity contribution in [3.05, 3.63) is 327 Å². The lowest BCUT2D eigenvalue weighted by Crippen LogP contribution is -2.51. The van der Waals surface area contributed by atoms with E-state index >= 15 is 0 Å². The first-order valence-electron chi connectivity index (χ1n) is 48.3. The molecule has 35 heteroatoms. The van der Waals surface area contributed by atoms with Gasteiger partial charge in [-0.15, -0.1) is 12.4 Å². The van der Waals surface area contributed by atoms with Crippen LogP contribution < -0.4 is 45.1 Å². The number of piperazine rings is 2. The maximum absolute atomic E-state index is 13.3. The Morgan fingerprint density at radius 3 is 1.11 bits per heavy atom. The molecule has 32 nitrogen and oxygen atoms in total. The number of aliphatic hydroxyl groups excluding tert-OH is 1. The van der Waals surface area contributed by atoms with Crippen LogP contribution in [0.5, 0.6) is 23.0 Å². The first-order chi connectivity index (χ1) is 68.8.